The van der Waals surface area contributed by atoms with Crippen molar-refractivity contribution in [2.24, 2.45) is 5.92 Å². The zero-order chi connectivity index (χ0) is 15.0. The molecule has 1 rings (SSSR count). The fourth-order valence-corrected chi connectivity index (χ4v) is 2.37. The maximum absolute atomic E-state index is 13.7. The van der Waals surface area contributed by atoms with Crippen LogP contribution in [0, 0.1) is 11.7 Å². The van der Waals surface area contributed by atoms with Gasteiger partial charge in [-0.2, -0.15) is 0 Å². The average Bonchev–Trinajstić information content (AvgIpc) is 2.40. The first kappa shape index (κ1) is 17.2. The van der Waals surface area contributed by atoms with Crippen LogP contribution < -0.4 is 5.32 Å². The average molecular weight is 344 g/mol. The molecule has 0 aliphatic carbocycles. The zero-order valence-corrected chi connectivity index (χ0v) is 13.8. The number of benzene rings is 1. The second-order valence-corrected chi connectivity index (χ2v) is 6.31. The molecule has 0 spiro atoms. The predicted molar refractivity (Wildman–Crippen MR) is 84.4 cm³/mol. The molecule has 0 fully saturated rings. The molecule has 1 amide bonds. The molecule has 1 aromatic carbocycles. The topological polar surface area (TPSA) is 29.1 Å². The summed E-state index contributed by atoms with van der Waals surface area (Å²) in [6.45, 7) is 5.06. The zero-order valence-electron chi connectivity index (χ0n) is 12.2. The second kappa shape index (κ2) is 9.11. The minimum Gasteiger partial charge on any atom is -0.352 e. The summed E-state index contributed by atoms with van der Waals surface area (Å²) in [6, 6.07) is 4.74. The van der Waals surface area contributed by atoms with Gasteiger partial charge in [0.2, 0.25) is 0 Å². The van der Waals surface area contributed by atoms with E-state index in [0.717, 1.165) is 18.8 Å². The van der Waals surface area contributed by atoms with Crippen molar-refractivity contribution in [2.45, 2.75) is 46.0 Å². The van der Waals surface area contributed by atoms with Crippen molar-refractivity contribution in [3.05, 3.63) is 34.1 Å². The molecule has 0 saturated carbocycles. The SMILES string of the molecule is CC(C)CCCCCCNC(=O)c1cccc(Br)c1F. The van der Waals surface area contributed by atoms with Gasteiger partial charge in [0.15, 0.2) is 0 Å². The molecule has 0 aliphatic heterocycles. The first-order valence-electron chi connectivity index (χ1n) is 7.24. The quantitative estimate of drug-likeness (QED) is 0.666. The fourth-order valence-electron chi connectivity index (χ4n) is 2.01. The highest BCUT2D eigenvalue weighted by atomic mass is 79.9. The first-order chi connectivity index (χ1) is 9.52. The van der Waals surface area contributed by atoms with E-state index >= 15 is 0 Å². The molecule has 0 radical (unpaired) electrons. The Hall–Kier alpha value is -0.900. The van der Waals surface area contributed by atoms with Crippen LogP contribution in [-0.4, -0.2) is 12.5 Å². The number of carbonyl (C=O) groups excluding carboxylic acids is 1. The minimum atomic E-state index is -0.498. The second-order valence-electron chi connectivity index (χ2n) is 5.45. The maximum Gasteiger partial charge on any atom is 0.254 e. The number of nitrogens with one attached hydrogen (secondary N) is 1. The summed E-state index contributed by atoms with van der Waals surface area (Å²) >= 11 is 3.08. The van der Waals surface area contributed by atoms with Gasteiger partial charge < -0.3 is 5.32 Å². The van der Waals surface area contributed by atoms with Crippen LogP contribution in [0.25, 0.3) is 0 Å². The summed E-state index contributed by atoms with van der Waals surface area (Å²) in [7, 11) is 0. The van der Waals surface area contributed by atoms with Gasteiger partial charge in [-0.15, -0.1) is 0 Å². The third-order valence-electron chi connectivity index (χ3n) is 3.19. The van der Waals surface area contributed by atoms with Gasteiger partial charge in [-0.3, -0.25) is 4.79 Å². The molecule has 112 valence electrons. The Kier molecular flexibility index (Phi) is 7.82. The Morgan fingerprint density at radius 2 is 1.95 bits per heavy atom. The van der Waals surface area contributed by atoms with Crippen LogP contribution in [-0.2, 0) is 0 Å². The van der Waals surface area contributed by atoms with Crippen molar-refractivity contribution in [1.82, 2.24) is 5.32 Å². The van der Waals surface area contributed by atoms with Crippen LogP contribution in [0.3, 0.4) is 0 Å². The highest BCUT2D eigenvalue weighted by molar-refractivity contribution is 9.10. The van der Waals surface area contributed by atoms with Crippen molar-refractivity contribution >= 4 is 21.8 Å². The third kappa shape index (κ3) is 6.04. The number of rotatable bonds is 8. The molecule has 2 nitrogen and oxygen atoms in total. The molecule has 0 bridgehead atoms. The molecule has 0 aliphatic rings. The highest BCUT2D eigenvalue weighted by Gasteiger charge is 2.12. The van der Waals surface area contributed by atoms with Crippen molar-refractivity contribution < 1.29 is 9.18 Å². The normalized spacial score (nSPS) is 10.8. The molecular weight excluding hydrogens is 321 g/mol. The molecule has 0 atom stereocenters. The van der Waals surface area contributed by atoms with E-state index in [1.165, 1.54) is 25.3 Å². The summed E-state index contributed by atoms with van der Waals surface area (Å²) in [5.74, 6) is -0.0814. The number of unbranched alkanes of at least 4 members (excludes halogenated alkanes) is 3. The van der Waals surface area contributed by atoms with Crippen LogP contribution in [0.5, 0.6) is 0 Å². The van der Waals surface area contributed by atoms with E-state index in [0.29, 0.717) is 11.0 Å². The van der Waals surface area contributed by atoms with Crippen LogP contribution in [0.1, 0.15) is 56.3 Å². The Balaban J connectivity index is 2.22. The predicted octanol–water partition coefficient (Wildman–Crippen LogP) is 4.92. The molecule has 20 heavy (non-hydrogen) atoms. The highest BCUT2D eigenvalue weighted by Crippen LogP contribution is 2.18. The van der Waals surface area contributed by atoms with Crippen molar-refractivity contribution in [2.75, 3.05) is 6.54 Å². The molecule has 0 aromatic heterocycles. The summed E-state index contributed by atoms with van der Waals surface area (Å²) in [6.07, 6.45) is 5.74. The van der Waals surface area contributed by atoms with E-state index in [2.05, 4.69) is 35.1 Å². The van der Waals surface area contributed by atoms with Gasteiger partial charge in [0.1, 0.15) is 5.82 Å². The van der Waals surface area contributed by atoms with Gasteiger partial charge in [-0.05, 0) is 40.4 Å². The van der Waals surface area contributed by atoms with Crippen molar-refractivity contribution in [3.8, 4) is 0 Å². The standard InChI is InChI=1S/C16H23BrFNO/c1-12(2)8-5-3-4-6-11-19-16(20)13-9-7-10-14(17)15(13)18/h7,9-10,12H,3-6,8,11H2,1-2H3,(H,19,20). The number of hydrogen-bond acceptors (Lipinski definition) is 1. The first-order valence-corrected chi connectivity index (χ1v) is 8.04. The summed E-state index contributed by atoms with van der Waals surface area (Å²) in [5, 5.41) is 2.77. The number of hydrogen-bond donors (Lipinski definition) is 1. The lowest BCUT2D eigenvalue weighted by atomic mass is 10.0. The lowest BCUT2D eigenvalue weighted by molar-refractivity contribution is 0.0948. The third-order valence-corrected chi connectivity index (χ3v) is 3.80. The maximum atomic E-state index is 13.7. The van der Waals surface area contributed by atoms with Gasteiger partial charge in [-0.25, -0.2) is 4.39 Å². The van der Waals surface area contributed by atoms with E-state index in [1.54, 1.807) is 12.1 Å². The summed E-state index contributed by atoms with van der Waals surface area (Å²) in [4.78, 5) is 11.8. The van der Waals surface area contributed by atoms with E-state index in [1.807, 2.05) is 0 Å². The van der Waals surface area contributed by atoms with Gasteiger partial charge in [-0.1, -0.05) is 45.6 Å². The Morgan fingerprint density at radius 1 is 1.25 bits per heavy atom. The minimum absolute atomic E-state index is 0.0965. The van der Waals surface area contributed by atoms with Crippen LogP contribution in [0.2, 0.25) is 0 Å². The Morgan fingerprint density at radius 3 is 2.65 bits per heavy atom. The molecule has 1 aromatic rings. The molecule has 0 saturated heterocycles. The molecule has 0 unspecified atom stereocenters. The summed E-state index contributed by atoms with van der Waals surface area (Å²) < 4.78 is 14.0. The Labute approximate surface area is 129 Å². The monoisotopic (exact) mass is 343 g/mol. The van der Waals surface area contributed by atoms with Crippen LogP contribution in [0.15, 0.2) is 22.7 Å². The lowest BCUT2D eigenvalue weighted by Gasteiger charge is -2.07. The van der Waals surface area contributed by atoms with Crippen molar-refractivity contribution in [3.63, 3.8) is 0 Å². The van der Waals surface area contributed by atoms with Gasteiger partial charge >= 0.3 is 0 Å². The van der Waals surface area contributed by atoms with E-state index in [-0.39, 0.29) is 11.5 Å². The smallest absolute Gasteiger partial charge is 0.254 e. The fraction of sp³-hybridized carbons (Fsp3) is 0.562. The van der Waals surface area contributed by atoms with E-state index in [9.17, 15) is 9.18 Å². The largest absolute Gasteiger partial charge is 0.352 e. The van der Waals surface area contributed by atoms with Crippen LogP contribution >= 0.6 is 15.9 Å². The van der Waals surface area contributed by atoms with Gasteiger partial charge in [0, 0.05) is 6.54 Å². The number of carbonyl (C=O) groups is 1. The summed E-state index contributed by atoms with van der Waals surface area (Å²) in [5.41, 5.74) is 0.0965. The Bertz CT molecular complexity index is 434. The van der Waals surface area contributed by atoms with Crippen LogP contribution in [0.4, 0.5) is 4.39 Å². The van der Waals surface area contributed by atoms with Crippen molar-refractivity contribution in [1.29, 1.82) is 0 Å². The van der Waals surface area contributed by atoms with Gasteiger partial charge in [0.25, 0.3) is 5.91 Å². The molecular formula is C16H23BrFNO. The van der Waals surface area contributed by atoms with Gasteiger partial charge in [0.05, 0.1) is 10.0 Å². The number of amides is 1. The number of halogens is 2. The lowest BCUT2D eigenvalue weighted by Crippen LogP contribution is -2.25. The van der Waals surface area contributed by atoms with E-state index in [4.69, 9.17) is 0 Å². The van der Waals surface area contributed by atoms with E-state index < -0.39 is 5.82 Å². The molecule has 0 heterocycles. The molecule has 4 heteroatoms. The molecule has 1 N–H and O–H groups in total.